The Morgan fingerprint density at radius 3 is 2.60 bits per heavy atom. The largest absolute Gasteiger partial charge is 0.496 e. The van der Waals surface area contributed by atoms with Crippen LogP contribution in [0.15, 0.2) is 18.2 Å². The molecule has 0 saturated heterocycles. The average Bonchev–Trinajstić information content (AvgIpc) is 2.42. The highest BCUT2D eigenvalue weighted by molar-refractivity contribution is 5.99. The molecular formula is C14H20N2O4. The zero-order valence-corrected chi connectivity index (χ0v) is 12.0. The van der Waals surface area contributed by atoms with E-state index >= 15 is 0 Å². The van der Waals surface area contributed by atoms with E-state index in [1.54, 1.807) is 25.3 Å². The summed E-state index contributed by atoms with van der Waals surface area (Å²) in [5.41, 5.74) is 0.941. The molecule has 0 heterocycles. The summed E-state index contributed by atoms with van der Waals surface area (Å²) in [4.78, 5) is 23.1. The van der Waals surface area contributed by atoms with Crippen molar-refractivity contribution >= 4 is 17.5 Å². The first-order valence-electron chi connectivity index (χ1n) is 6.31. The summed E-state index contributed by atoms with van der Waals surface area (Å²) in [6.45, 7) is 2.51. The maximum atomic E-state index is 12.1. The summed E-state index contributed by atoms with van der Waals surface area (Å²) in [5.74, 6) is 0.0233. The number of carbonyl (C=O) groups excluding carboxylic acids is 2. The standard InChI is InChI=1S/C14H20N2O4/c1-10(17)16-11-5-6-13(20-3)12(9-11)14(18)15-7-4-8-19-2/h5-6,9H,4,7-8H2,1-3H3,(H,15,18)(H,16,17). The minimum atomic E-state index is -0.245. The van der Waals surface area contributed by atoms with Crippen LogP contribution in [-0.4, -0.2) is 39.2 Å². The van der Waals surface area contributed by atoms with Gasteiger partial charge in [-0.2, -0.15) is 0 Å². The van der Waals surface area contributed by atoms with Gasteiger partial charge < -0.3 is 20.1 Å². The van der Waals surface area contributed by atoms with Crippen molar-refractivity contribution in [2.24, 2.45) is 0 Å². The van der Waals surface area contributed by atoms with Crippen LogP contribution in [0.3, 0.4) is 0 Å². The fourth-order valence-electron chi connectivity index (χ4n) is 1.68. The van der Waals surface area contributed by atoms with E-state index in [4.69, 9.17) is 9.47 Å². The van der Waals surface area contributed by atoms with Gasteiger partial charge in [-0.05, 0) is 24.6 Å². The Morgan fingerprint density at radius 2 is 2.00 bits per heavy atom. The fourth-order valence-corrected chi connectivity index (χ4v) is 1.68. The smallest absolute Gasteiger partial charge is 0.255 e. The third-order valence-corrected chi connectivity index (χ3v) is 2.58. The van der Waals surface area contributed by atoms with Crippen LogP contribution in [0.1, 0.15) is 23.7 Å². The SMILES string of the molecule is COCCCNC(=O)c1cc(NC(C)=O)ccc1OC. The van der Waals surface area contributed by atoms with Crippen molar-refractivity contribution in [1.29, 1.82) is 0 Å². The molecule has 0 radical (unpaired) electrons. The number of nitrogens with one attached hydrogen (secondary N) is 2. The van der Waals surface area contributed by atoms with Crippen molar-refractivity contribution in [3.05, 3.63) is 23.8 Å². The van der Waals surface area contributed by atoms with Crippen LogP contribution in [0.5, 0.6) is 5.75 Å². The second-order valence-corrected chi connectivity index (χ2v) is 4.20. The Bertz CT molecular complexity index is 474. The van der Waals surface area contributed by atoms with E-state index in [-0.39, 0.29) is 11.8 Å². The molecule has 1 aromatic rings. The molecule has 6 heteroatoms. The Balaban J connectivity index is 2.78. The molecule has 0 fully saturated rings. The summed E-state index contributed by atoms with van der Waals surface area (Å²) < 4.78 is 10.1. The quantitative estimate of drug-likeness (QED) is 0.741. The number of ether oxygens (including phenoxy) is 2. The van der Waals surface area contributed by atoms with Crippen molar-refractivity contribution in [3.8, 4) is 5.75 Å². The molecule has 0 bridgehead atoms. The molecule has 110 valence electrons. The molecule has 0 atom stereocenters. The number of rotatable bonds is 7. The van der Waals surface area contributed by atoms with Crippen LogP contribution >= 0.6 is 0 Å². The summed E-state index contributed by atoms with van der Waals surface area (Å²) >= 11 is 0. The second kappa shape index (κ2) is 8.16. The first kappa shape index (κ1) is 16.0. The zero-order valence-electron chi connectivity index (χ0n) is 12.0. The van der Waals surface area contributed by atoms with Crippen LogP contribution in [0.25, 0.3) is 0 Å². The molecule has 2 N–H and O–H groups in total. The Morgan fingerprint density at radius 1 is 1.25 bits per heavy atom. The molecule has 2 amide bonds. The van der Waals surface area contributed by atoms with Crippen molar-refractivity contribution in [2.75, 3.05) is 32.7 Å². The summed E-state index contributed by atoms with van der Waals surface area (Å²) in [5, 5.41) is 5.41. The van der Waals surface area contributed by atoms with Gasteiger partial charge >= 0.3 is 0 Å². The maximum absolute atomic E-state index is 12.1. The molecule has 0 aliphatic carbocycles. The third-order valence-electron chi connectivity index (χ3n) is 2.58. The zero-order chi connectivity index (χ0) is 15.0. The number of methoxy groups -OCH3 is 2. The van der Waals surface area contributed by atoms with Gasteiger partial charge in [0.1, 0.15) is 5.75 Å². The van der Waals surface area contributed by atoms with Crippen LogP contribution < -0.4 is 15.4 Å². The van der Waals surface area contributed by atoms with E-state index < -0.39 is 0 Å². The first-order chi connectivity index (χ1) is 9.58. The molecule has 0 aliphatic heterocycles. The molecule has 20 heavy (non-hydrogen) atoms. The molecule has 0 unspecified atom stereocenters. The van der Waals surface area contributed by atoms with Crippen molar-refractivity contribution < 1.29 is 19.1 Å². The topological polar surface area (TPSA) is 76.7 Å². The van der Waals surface area contributed by atoms with Crippen LogP contribution in [0, 0.1) is 0 Å². The summed E-state index contributed by atoms with van der Waals surface area (Å²) in [6, 6.07) is 4.92. The number of amides is 2. The predicted octanol–water partition coefficient (Wildman–Crippen LogP) is 1.42. The number of benzene rings is 1. The second-order valence-electron chi connectivity index (χ2n) is 4.20. The molecule has 0 aromatic heterocycles. The first-order valence-corrected chi connectivity index (χ1v) is 6.31. The van der Waals surface area contributed by atoms with Crippen molar-refractivity contribution in [3.63, 3.8) is 0 Å². The monoisotopic (exact) mass is 280 g/mol. The number of anilines is 1. The Kier molecular flexibility index (Phi) is 6.52. The molecule has 0 saturated carbocycles. The van der Waals surface area contributed by atoms with Gasteiger partial charge in [-0.15, -0.1) is 0 Å². The highest BCUT2D eigenvalue weighted by Gasteiger charge is 2.13. The lowest BCUT2D eigenvalue weighted by molar-refractivity contribution is -0.114. The Hall–Kier alpha value is -2.08. The van der Waals surface area contributed by atoms with Gasteiger partial charge in [-0.3, -0.25) is 9.59 Å². The van der Waals surface area contributed by atoms with Gasteiger partial charge in [-0.1, -0.05) is 0 Å². The lowest BCUT2D eigenvalue weighted by atomic mass is 10.1. The van der Waals surface area contributed by atoms with Crippen molar-refractivity contribution in [1.82, 2.24) is 5.32 Å². The molecule has 1 aromatic carbocycles. The molecule has 0 spiro atoms. The van der Waals surface area contributed by atoms with Gasteiger partial charge in [0.05, 0.1) is 12.7 Å². The van der Waals surface area contributed by atoms with E-state index in [2.05, 4.69) is 10.6 Å². The lowest BCUT2D eigenvalue weighted by Gasteiger charge is -2.11. The number of hydrogen-bond donors (Lipinski definition) is 2. The Labute approximate surface area is 118 Å². The van der Waals surface area contributed by atoms with Gasteiger partial charge in [0.2, 0.25) is 5.91 Å². The number of carbonyl (C=O) groups is 2. The summed E-state index contributed by atoms with van der Waals surface area (Å²) in [7, 11) is 3.11. The average molecular weight is 280 g/mol. The van der Waals surface area contributed by atoms with Gasteiger partial charge in [0.15, 0.2) is 0 Å². The minimum Gasteiger partial charge on any atom is -0.496 e. The van der Waals surface area contributed by atoms with Gasteiger partial charge in [-0.25, -0.2) is 0 Å². The maximum Gasteiger partial charge on any atom is 0.255 e. The molecular weight excluding hydrogens is 260 g/mol. The fraction of sp³-hybridized carbons (Fsp3) is 0.429. The third kappa shape index (κ3) is 4.89. The minimum absolute atomic E-state index is 0.193. The van der Waals surface area contributed by atoms with E-state index in [0.29, 0.717) is 30.2 Å². The molecule has 1 rings (SSSR count). The molecule has 6 nitrogen and oxygen atoms in total. The van der Waals surface area contributed by atoms with E-state index in [1.165, 1.54) is 14.0 Å². The molecule has 0 aliphatic rings. The van der Waals surface area contributed by atoms with E-state index in [9.17, 15) is 9.59 Å². The predicted molar refractivity (Wildman–Crippen MR) is 76.1 cm³/mol. The summed E-state index contributed by atoms with van der Waals surface area (Å²) in [6.07, 6.45) is 0.732. The van der Waals surface area contributed by atoms with Crippen LogP contribution in [-0.2, 0) is 9.53 Å². The highest BCUT2D eigenvalue weighted by atomic mass is 16.5. The van der Waals surface area contributed by atoms with E-state index in [0.717, 1.165) is 6.42 Å². The van der Waals surface area contributed by atoms with E-state index in [1.807, 2.05) is 0 Å². The highest BCUT2D eigenvalue weighted by Crippen LogP contribution is 2.22. The lowest BCUT2D eigenvalue weighted by Crippen LogP contribution is -2.25. The van der Waals surface area contributed by atoms with Gasteiger partial charge in [0, 0.05) is 32.9 Å². The van der Waals surface area contributed by atoms with Crippen molar-refractivity contribution in [2.45, 2.75) is 13.3 Å². The van der Waals surface area contributed by atoms with Gasteiger partial charge in [0.25, 0.3) is 5.91 Å². The van der Waals surface area contributed by atoms with Crippen LogP contribution in [0.2, 0.25) is 0 Å². The normalized spacial score (nSPS) is 9.95. The van der Waals surface area contributed by atoms with Crippen LogP contribution in [0.4, 0.5) is 5.69 Å². The number of hydrogen-bond acceptors (Lipinski definition) is 4.